The van der Waals surface area contributed by atoms with Gasteiger partial charge in [-0.3, -0.25) is 4.79 Å². The molecule has 1 amide bonds. The molecule has 0 unspecified atom stereocenters. The van der Waals surface area contributed by atoms with E-state index in [-0.39, 0.29) is 5.91 Å². The standard InChI is InChI=1S/C11H15NO.Cl2O2S/c1-10(13)12-9-5-8-11-6-3-2-4-7-11;1-5(2,3)4/h2-4,6-7H,5,8-9H2,1H3,(H,12,13);. The van der Waals surface area contributed by atoms with E-state index < -0.39 is 8.26 Å². The van der Waals surface area contributed by atoms with E-state index in [1.165, 1.54) is 5.56 Å². The van der Waals surface area contributed by atoms with Crippen molar-refractivity contribution in [1.29, 1.82) is 0 Å². The van der Waals surface area contributed by atoms with E-state index in [0.29, 0.717) is 0 Å². The third kappa shape index (κ3) is 15.2. The molecule has 7 heteroatoms. The minimum absolute atomic E-state index is 0.0491. The van der Waals surface area contributed by atoms with E-state index in [4.69, 9.17) is 8.42 Å². The van der Waals surface area contributed by atoms with Crippen LogP contribution in [0.2, 0.25) is 0 Å². The van der Waals surface area contributed by atoms with Crippen LogP contribution in [0.25, 0.3) is 0 Å². The summed E-state index contributed by atoms with van der Waals surface area (Å²) in [7, 11) is 4.81. The van der Waals surface area contributed by atoms with Crippen LogP contribution in [-0.2, 0) is 19.5 Å². The van der Waals surface area contributed by atoms with Gasteiger partial charge in [0.15, 0.2) is 0 Å². The summed E-state index contributed by atoms with van der Waals surface area (Å²) < 4.78 is 18.3. The van der Waals surface area contributed by atoms with Crippen molar-refractivity contribution in [3.8, 4) is 0 Å². The van der Waals surface area contributed by atoms with Crippen molar-refractivity contribution in [2.24, 2.45) is 0 Å². The monoisotopic (exact) mass is 311 g/mol. The number of amides is 1. The Kier molecular flexibility index (Phi) is 8.79. The fraction of sp³-hybridized carbons (Fsp3) is 0.364. The average molecular weight is 312 g/mol. The Balaban J connectivity index is 0.000000494. The maximum Gasteiger partial charge on any atom is 0.317 e. The number of hydrogen-bond donors (Lipinski definition) is 1. The first-order chi connectivity index (χ1) is 8.29. The third-order valence-corrected chi connectivity index (χ3v) is 1.86. The van der Waals surface area contributed by atoms with Crippen LogP contribution in [0.15, 0.2) is 30.3 Å². The number of carbonyl (C=O) groups is 1. The highest BCUT2D eigenvalue weighted by molar-refractivity contribution is 8.31. The van der Waals surface area contributed by atoms with Crippen molar-refractivity contribution in [1.82, 2.24) is 5.32 Å². The first-order valence-electron chi connectivity index (χ1n) is 5.21. The molecule has 0 radical (unpaired) electrons. The van der Waals surface area contributed by atoms with Gasteiger partial charge >= 0.3 is 8.26 Å². The van der Waals surface area contributed by atoms with Gasteiger partial charge in [-0.2, -0.15) is 8.42 Å². The van der Waals surface area contributed by atoms with Gasteiger partial charge in [0, 0.05) is 34.8 Å². The lowest BCUT2D eigenvalue weighted by molar-refractivity contribution is -0.118. The number of rotatable bonds is 4. The fourth-order valence-corrected chi connectivity index (χ4v) is 1.20. The van der Waals surface area contributed by atoms with E-state index in [2.05, 4.69) is 38.8 Å². The Hall–Kier alpha value is -0.780. The van der Waals surface area contributed by atoms with Gasteiger partial charge in [-0.25, -0.2) is 0 Å². The second-order valence-corrected chi connectivity index (χ2v) is 7.12. The van der Waals surface area contributed by atoms with Gasteiger partial charge in [0.1, 0.15) is 0 Å². The molecule has 102 valence electrons. The normalized spacial score (nSPS) is 10.2. The zero-order chi connectivity index (χ0) is 14.0. The number of hydrogen-bond acceptors (Lipinski definition) is 3. The predicted octanol–water partition coefficient (Wildman–Crippen LogP) is 2.46. The molecule has 18 heavy (non-hydrogen) atoms. The SMILES string of the molecule is CC(=O)NCCCc1ccccc1.O=S(=O)(Cl)Cl. The Labute approximate surface area is 116 Å². The second-order valence-electron chi connectivity index (χ2n) is 3.45. The molecule has 4 nitrogen and oxygen atoms in total. The number of aryl methyl sites for hydroxylation is 1. The molecule has 0 heterocycles. The van der Waals surface area contributed by atoms with Gasteiger partial charge in [-0.15, -0.1) is 0 Å². The van der Waals surface area contributed by atoms with Crippen LogP contribution in [0.3, 0.4) is 0 Å². The lowest BCUT2D eigenvalue weighted by Gasteiger charge is -2.01. The van der Waals surface area contributed by atoms with Gasteiger partial charge < -0.3 is 5.32 Å². The van der Waals surface area contributed by atoms with Crippen molar-refractivity contribution in [3.05, 3.63) is 35.9 Å². The number of benzene rings is 1. The molecular formula is C11H15Cl2NO3S. The highest BCUT2D eigenvalue weighted by Gasteiger charge is 1.92. The Morgan fingerprint density at radius 2 is 1.72 bits per heavy atom. The van der Waals surface area contributed by atoms with Crippen LogP contribution in [-0.4, -0.2) is 20.9 Å². The lowest BCUT2D eigenvalue weighted by Crippen LogP contribution is -2.21. The molecule has 0 aliphatic rings. The van der Waals surface area contributed by atoms with Crippen LogP contribution < -0.4 is 5.32 Å². The van der Waals surface area contributed by atoms with Crippen LogP contribution in [0, 0.1) is 0 Å². The van der Waals surface area contributed by atoms with Crippen molar-refractivity contribution < 1.29 is 13.2 Å². The first-order valence-corrected chi connectivity index (χ1v) is 8.35. The molecule has 0 atom stereocenters. The van der Waals surface area contributed by atoms with Crippen molar-refractivity contribution in [3.63, 3.8) is 0 Å². The highest BCUT2D eigenvalue weighted by atomic mass is 36.0. The van der Waals surface area contributed by atoms with Gasteiger partial charge in [-0.05, 0) is 18.4 Å². The Bertz CT molecular complexity index is 441. The van der Waals surface area contributed by atoms with Crippen molar-refractivity contribution >= 4 is 35.5 Å². The predicted molar refractivity (Wildman–Crippen MR) is 74.1 cm³/mol. The molecule has 0 bridgehead atoms. The van der Waals surface area contributed by atoms with E-state index >= 15 is 0 Å². The average Bonchev–Trinajstić information content (AvgIpc) is 2.23. The van der Waals surface area contributed by atoms with E-state index in [9.17, 15) is 4.79 Å². The molecule has 1 N–H and O–H groups in total. The Morgan fingerprint density at radius 3 is 2.17 bits per heavy atom. The zero-order valence-corrected chi connectivity index (χ0v) is 12.2. The summed E-state index contributed by atoms with van der Waals surface area (Å²) in [4.78, 5) is 10.5. The summed E-state index contributed by atoms with van der Waals surface area (Å²) in [5, 5.41) is 2.78. The van der Waals surface area contributed by atoms with E-state index in [0.717, 1.165) is 19.4 Å². The molecule has 0 aromatic heterocycles. The molecule has 0 saturated heterocycles. The number of carbonyl (C=O) groups excluding carboxylic acids is 1. The Morgan fingerprint density at radius 1 is 1.22 bits per heavy atom. The van der Waals surface area contributed by atoms with Gasteiger partial charge in [-0.1, -0.05) is 30.3 Å². The van der Waals surface area contributed by atoms with Crippen molar-refractivity contribution in [2.45, 2.75) is 19.8 Å². The van der Waals surface area contributed by atoms with Crippen LogP contribution in [0.1, 0.15) is 18.9 Å². The molecule has 1 aromatic rings. The van der Waals surface area contributed by atoms with Crippen LogP contribution >= 0.6 is 21.4 Å². The summed E-state index contributed by atoms with van der Waals surface area (Å²) in [6, 6.07) is 10.3. The topological polar surface area (TPSA) is 63.2 Å². The van der Waals surface area contributed by atoms with Crippen LogP contribution in [0.4, 0.5) is 0 Å². The molecular weight excluding hydrogens is 297 g/mol. The van der Waals surface area contributed by atoms with Gasteiger partial charge in [0.2, 0.25) is 5.91 Å². The zero-order valence-electron chi connectivity index (χ0n) is 9.90. The molecule has 1 aromatic carbocycles. The number of nitrogens with one attached hydrogen (secondary N) is 1. The summed E-state index contributed by atoms with van der Waals surface area (Å²) >= 11 is 0. The van der Waals surface area contributed by atoms with Gasteiger partial charge in [0.25, 0.3) is 0 Å². The first kappa shape index (κ1) is 17.2. The summed E-state index contributed by atoms with van der Waals surface area (Å²) in [5.74, 6) is 0.0491. The maximum atomic E-state index is 10.5. The summed E-state index contributed by atoms with van der Waals surface area (Å²) in [6.07, 6.45) is 2.03. The third-order valence-electron chi connectivity index (χ3n) is 1.86. The summed E-state index contributed by atoms with van der Waals surface area (Å²) in [6.45, 7) is 2.31. The number of halogens is 2. The molecule has 0 fully saturated rings. The van der Waals surface area contributed by atoms with Crippen molar-refractivity contribution in [2.75, 3.05) is 6.54 Å². The lowest BCUT2D eigenvalue weighted by atomic mass is 10.1. The van der Waals surface area contributed by atoms with Gasteiger partial charge in [0.05, 0.1) is 0 Å². The smallest absolute Gasteiger partial charge is 0.317 e. The molecule has 1 rings (SSSR count). The molecule has 0 spiro atoms. The molecule has 0 aliphatic heterocycles. The second kappa shape index (κ2) is 9.19. The quantitative estimate of drug-likeness (QED) is 0.686. The molecule has 0 aliphatic carbocycles. The van der Waals surface area contributed by atoms with E-state index in [1.807, 2.05) is 18.2 Å². The highest BCUT2D eigenvalue weighted by Crippen LogP contribution is 2.01. The minimum Gasteiger partial charge on any atom is -0.356 e. The fourth-order valence-electron chi connectivity index (χ4n) is 1.20. The minimum atomic E-state index is -3.72. The van der Waals surface area contributed by atoms with E-state index in [1.54, 1.807) is 6.92 Å². The van der Waals surface area contributed by atoms with Crippen LogP contribution in [0.5, 0.6) is 0 Å². The largest absolute Gasteiger partial charge is 0.356 e. The maximum absolute atomic E-state index is 10.5. The summed E-state index contributed by atoms with van der Waals surface area (Å²) in [5.41, 5.74) is 1.33. The molecule has 0 saturated carbocycles.